The zero-order valence-corrected chi connectivity index (χ0v) is 13.0. The number of anilines is 1. The third-order valence-corrected chi connectivity index (χ3v) is 4.09. The number of aromatic amines is 1. The molecule has 3 rings (SSSR count). The average Bonchev–Trinajstić information content (AvgIpc) is 3.14. The van der Waals surface area contributed by atoms with Gasteiger partial charge < -0.3 is 16.0 Å². The lowest BCUT2D eigenvalue weighted by atomic mass is 10.2. The van der Waals surface area contributed by atoms with E-state index < -0.39 is 0 Å². The minimum atomic E-state index is -0.329. The van der Waals surface area contributed by atoms with Crippen LogP contribution < -0.4 is 11.1 Å². The number of thiazole rings is 1. The first-order valence-corrected chi connectivity index (χ1v) is 8.00. The largest absolute Gasteiger partial charge is 0.363 e. The summed E-state index contributed by atoms with van der Waals surface area (Å²) in [6.45, 7) is 2.84. The molecule has 3 heterocycles. The van der Waals surface area contributed by atoms with E-state index in [4.69, 9.17) is 5.73 Å². The Morgan fingerprint density at radius 1 is 1.41 bits per heavy atom. The number of fused-ring (bicyclic) bond motifs is 1. The summed E-state index contributed by atoms with van der Waals surface area (Å²) in [6, 6.07) is 0. The van der Waals surface area contributed by atoms with Crippen LogP contribution in [0.4, 0.5) is 10.2 Å². The Kier molecular flexibility index (Phi) is 4.30. The van der Waals surface area contributed by atoms with Gasteiger partial charge in [-0.05, 0) is 6.54 Å². The predicted octanol–water partition coefficient (Wildman–Crippen LogP) is 2.23. The van der Waals surface area contributed by atoms with Crippen molar-refractivity contribution in [2.24, 2.45) is 5.73 Å². The van der Waals surface area contributed by atoms with Gasteiger partial charge in [-0.25, -0.2) is 19.3 Å². The molecule has 3 aromatic heterocycles. The van der Waals surface area contributed by atoms with Crippen LogP contribution in [0.15, 0.2) is 11.6 Å². The van der Waals surface area contributed by atoms with E-state index in [1.807, 2.05) is 12.3 Å². The highest BCUT2D eigenvalue weighted by Gasteiger charge is 2.18. The average molecular weight is 320 g/mol. The molecule has 0 fully saturated rings. The minimum Gasteiger partial charge on any atom is -0.363 e. The molecule has 4 N–H and O–H groups in total. The molecule has 0 amide bonds. The SMILES string of the molecule is CCc1nc(NCc2nccs2)c2c(F)c(CCN)[nH]c2n1. The van der Waals surface area contributed by atoms with Crippen LogP contribution in [0.3, 0.4) is 0 Å². The Morgan fingerprint density at radius 2 is 2.27 bits per heavy atom. The molecule has 6 nitrogen and oxygen atoms in total. The van der Waals surface area contributed by atoms with Crippen LogP contribution in [-0.4, -0.2) is 26.5 Å². The van der Waals surface area contributed by atoms with E-state index in [2.05, 4.69) is 25.3 Å². The van der Waals surface area contributed by atoms with E-state index in [0.29, 0.717) is 54.3 Å². The molecule has 0 radical (unpaired) electrons. The second kappa shape index (κ2) is 6.37. The zero-order chi connectivity index (χ0) is 15.5. The fraction of sp³-hybridized carbons (Fsp3) is 0.357. The lowest BCUT2D eigenvalue weighted by Crippen LogP contribution is -2.05. The molecule has 3 aromatic rings. The van der Waals surface area contributed by atoms with E-state index in [9.17, 15) is 4.39 Å². The third kappa shape index (κ3) is 2.79. The lowest BCUT2D eigenvalue weighted by Gasteiger charge is -2.07. The van der Waals surface area contributed by atoms with Gasteiger partial charge in [-0.2, -0.15) is 0 Å². The van der Waals surface area contributed by atoms with Crippen molar-refractivity contribution in [2.75, 3.05) is 11.9 Å². The van der Waals surface area contributed by atoms with Crippen LogP contribution in [0.25, 0.3) is 11.0 Å². The van der Waals surface area contributed by atoms with E-state index in [1.165, 1.54) is 11.3 Å². The van der Waals surface area contributed by atoms with E-state index in [-0.39, 0.29) is 5.82 Å². The molecule has 0 bridgehead atoms. The van der Waals surface area contributed by atoms with Crippen LogP contribution in [0.1, 0.15) is 23.4 Å². The fourth-order valence-corrected chi connectivity index (χ4v) is 2.81. The van der Waals surface area contributed by atoms with Gasteiger partial charge in [-0.3, -0.25) is 0 Å². The second-order valence-corrected chi connectivity index (χ2v) is 5.78. The van der Waals surface area contributed by atoms with Crippen molar-refractivity contribution in [3.05, 3.63) is 33.9 Å². The first kappa shape index (κ1) is 14.9. The molecule has 0 atom stereocenters. The number of hydrogen-bond acceptors (Lipinski definition) is 6. The number of nitrogens with two attached hydrogens (primary N) is 1. The standard InChI is InChI=1S/C14H17FN6S/c1-2-9-20-13(18-7-10-17-5-6-22-10)11-12(15)8(3-4-16)19-14(11)21-9/h5-6H,2-4,7,16H2,1H3,(H2,18,19,20,21). The van der Waals surface area contributed by atoms with Gasteiger partial charge in [0.2, 0.25) is 0 Å². The molecule has 0 aliphatic heterocycles. The van der Waals surface area contributed by atoms with Crippen LogP contribution >= 0.6 is 11.3 Å². The number of hydrogen-bond donors (Lipinski definition) is 3. The van der Waals surface area contributed by atoms with Crippen LogP contribution in [0.2, 0.25) is 0 Å². The summed E-state index contributed by atoms with van der Waals surface area (Å²) in [7, 11) is 0. The summed E-state index contributed by atoms with van der Waals surface area (Å²) < 4.78 is 14.6. The van der Waals surface area contributed by atoms with Gasteiger partial charge in [0.05, 0.1) is 17.6 Å². The molecule has 8 heteroatoms. The second-order valence-electron chi connectivity index (χ2n) is 4.80. The van der Waals surface area contributed by atoms with Crippen molar-refractivity contribution >= 4 is 28.2 Å². The Hall–Kier alpha value is -2.06. The number of nitrogens with one attached hydrogen (secondary N) is 2. The zero-order valence-electron chi connectivity index (χ0n) is 12.2. The number of halogens is 1. The first-order valence-electron chi connectivity index (χ1n) is 7.12. The van der Waals surface area contributed by atoms with Gasteiger partial charge in [-0.15, -0.1) is 11.3 Å². The summed E-state index contributed by atoms with van der Waals surface area (Å²) >= 11 is 1.54. The number of H-pyrrole nitrogens is 1. The maximum Gasteiger partial charge on any atom is 0.157 e. The third-order valence-electron chi connectivity index (χ3n) is 3.31. The summed E-state index contributed by atoms with van der Waals surface area (Å²) in [5, 5.41) is 6.38. The maximum atomic E-state index is 14.6. The highest BCUT2D eigenvalue weighted by molar-refractivity contribution is 7.09. The lowest BCUT2D eigenvalue weighted by molar-refractivity contribution is 0.618. The summed E-state index contributed by atoms with van der Waals surface area (Å²) in [5.74, 6) is 0.827. The highest BCUT2D eigenvalue weighted by Crippen LogP contribution is 2.27. The Bertz CT molecular complexity index is 767. The molecule has 0 aliphatic carbocycles. The fourth-order valence-electron chi connectivity index (χ4n) is 2.26. The Labute approximate surface area is 131 Å². The molecular formula is C14H17FN6S. The Balaban J connectivity index is 2.01. The monoisotopic (exact) mass is 320 g/mol. The normalized spacial score (nSPS) is 11.2. The maximum absolute atomic E-state index is 14.6. The first-order chi connectivity index (χ1) is 10.7. The molecule has 0 aliphatic rings. The van der Waals surface area contributed by atoms with Gasteiger partial charge >= 0.3 is 0 Å². The smallest absolute Gasteiger partial charge is 0.157 e. The van der Waals surface area contributed by atoms with Crippen LogP contribution in [0, 0.1) is 5.82 Å². The van der Waals surface area contributed by atoms with Crippen molar-refractivity contribution in [1.29, 1.82) is 0 Å². The molecule has 0 aromatic carbocycles. The van der Waals surface area contributed by atoms with Crippen molar-refractivity contribution in [3.8, 4) is 0 Å². The highest BCUT2D eigenvalue weighted by atomic mass is 32.1. The summed E-state index contributed by atoms with van der Waals surface area (Å²) in [6.07, 6.45) is 2.86. The number of nitrogens with zero attached hydrogens (tertiary/aromatic N) is 3. The van der Waals surface area contributed by atoms with E-state index in [1.54, 1.807) is 6.20 Å². The van der Waals surface area contributed by atoms with Crippen LogP contribution in [-0.2, 0) is 19.4 Å². The number of rotatable bonds is 6. The molecular weight excluding hydrogens is 303 g/mol. The van der Waals surface area contributed by atoms with Crippen molar-refractivity contribution in [1.82, 2.24) is 19.9 Å². The Morgan fingerprint density at radius 3 is 2.95 bits per heavy atom. The predicted molar refractivity (Wildman–Crippen MR) is 85.4 cm³/mol. The minimum absolute atomic E-state index is 0.329. The molecule has 22 heavy (non-hydrogen) atoms. The van der Waals surface area contributed by atoms with Gasteiger partial charge in [0.15, 0.2) is 5.82 Å². The molecule has 116 valence electrons. The quantitative estimate of drug-likeness (QED) is 0.648. The summed E-state index contributed by atoms with van der Waals surface area (Å²) in [4.78, 5) is 16.0. The molecule has 0 saturated heterocycles. The molecule has 0 spiro atoms. The van der Waals surface area contributed by atoms with Gasteiger partial charge in [-0.1, -0.05) is 6.92 Å². The van der Waals surface area contributed by atoms with Crippen molar-refractivity contribution in [3.63, 3.8) is 0 Å². The van der Waals surface area contributed by atoms with Gasteiger partial charge in [0, 0.05) is 24.4 Å². The van der Waals surface area contributed by atoms with Crippen molar-refractivity contribution in [2.45, 2.75) is 26.3 Å². The van der Waals surface area contributed by atoms with Crippen molar-refractivity contribution < 1.29 is 4.39 Å². The number of aryl methyl sites for hydroxylation is 1. The van der Waals surface area contributed by atoms with E-state index >= 15 is 0 Å². The van der Waals surface area contributed by atoms with Gasteiger partial charge in [0.25, 0.3) is 0 Å². The summed E-state index contributed by atoms with van der Waals surface area (Å²) in [5.41, 5.74) is 6.50. The molecule has 0 saturated carbocycles. The topological polar surface area (TPSA) is 92.5 Å². The van der Waals surface area contributed by atoms with Gasteiger partial charge in [0.1, 0.15) is 22.3 Å². The van der Waals surface area contributed by atoms with E-state index in [0.717, 1.165) is 5.01 Å². The van der Waals surface area contributed by atoms with Crippen LogP contribution in [0.5, 0.6) is 0 Å². The molecule has 0 unspecified atom stereocenters. The number of aromatic nitrogens is 4.